The molecule has 2 rings (SSSR count). The number of carbonyl (C=O) groups is 2. The van der Waals surface area contributed by atoms with Crippen molar-refractivity contribution in [2.75, 3.05) is 29.9 Å². The quantitative estimate of drug-likeness (QED) is 0.822. The lowest BCUT2D eigenvalue weighted by molar-refractivity contribution is -0.124. The number of amides is 2. The smallest absolute Gasteiger partial charge is 0.227 e. The normalized spacial score (nSPS) is 15.5. The fourth-order valence-corrected chi connectivity index (χ4v) is 2.62. The van der Waals surface area contributed by atoms with E-state index in [9.17, 15) is 9.59 Å². The summed E-state index contributed by atoms with van der Waals surface area (Å²) in [5.41, 5.74) is 0.619. The maximum absolute atomic E-state index is 11.7. The van der Waals surface area contributed by atoms with Crippen molar-refractivity contribution < 1.29 is 9.59 Å². The average molecular weight is 347 g/mol. The lowest BCUT2D eigenvalue weighted by Crippen LogP contribution is -2.40. The zero-order chi connectivity index (χ0) is 18.4. The van der Waals surface area contributed by atoms with E-state index in [1.54, 1.807) is 12.4 Å². The molecule has 0 aromatic carbocycles. The molecular weight excluding hydrogens is 318 g/mol. The van der Waals surface area contributed by atoms with Gasteiger partial charge in [-0.25, -0.2) is 9.97 Å². The van der Waals surface area contributed by atoms with Crippen LogP contribution in [-0.4, -0.2) is 41.4 Å². The van der Waals surface area contributed by atoms with Gasteiger partial charge in [0.05, 0.1) is 18.1 Å². The molecule has 138 valence electrons. The van der Waals surface area contributed by atoms with Gasteiger partial charge in [-0.1, -0.05) is 27.7 Å². The molecule has 0 saturated carbocycles. The number of hydrogen-bond acceptors (Lipinski definition) is 5. The van der Waals surface area contributed by atoms with Gasteiger partial charge in [-0.15, -0.1) is 0 Å². The van der Waals surface area contributed by atoms with Gasteiger partial charge in [0.25, 0.3) is 0 Å². The maximum Gasteiger partial charge on any atom is 0.227 e. The van der Waals surface area contributed by atoms with E-state index in [4.69, 9.17) is 0 Å². The number of carbonyl (C=O) groups excluding carboxylic acids is 2. The maximum atomic E-state index is 11.7. The van der Waals surface area contributed by atoms with E-state index < -0.39 is 0 Å². The van der Waals surface area contributed by atoms with E-state index in [1.807, 2.05) is 27.7 Å². The zero-order valence-corrected chi connectivity index (χ0v) is 15.6. The van der Waals surface area contributed by atoms with Gasteiger partial charge in [0.2, 0.25) is 17.8 Å². The molecule has 1 fully saturated rings. The standard InChI is InChI=1S/C18H29N5O2/c1-12(2)16(24)19-9-14-5-7-23(8-6-14)18-20-10-15(11-21-18)22-17(25)13(3)4/h10-14H,5-9H2,1-4H3,(H,19,24)(H,22,25). The highest BCUT2D eigenvalue weighted by molar-refractivity contribution is 5.91. The number of nitrogens with one attached hydrogen (secondary N) is 2. The predicted molar refractivity (Wildman–Crippen MR) is 98.3 cm³/mol. The Kier molecular flexibility index (Phi) is 6.73. The summed E-state index contributed by atoms with van der Waals surface area (Å²) in [6.07, 6.45) is 5.32. The summed E-state index contributed by atoms with van der Waals surface area (Å²) < 4.78 is 0. The molecule has 1 aromatic rings. The highest BCUT2D eigenvalue weighted by Crippen LogP contribution is 2.20. The van der Waals surface area contributed by atoms with Crippen LogP contribution in [0.3, 0.4) is 0 Å². The zero-order valence-electron chi connectivity index (χ0n) is 15.6. The van der Waals surface area contributed by atoms with Gasteiger partial charge in [0, 0.05) is 31.5 Å². The number of aromatic nitrogens is 2. The second kappa shape index (κ2) is 8.78. The summed E-state index contributed by atoms with van der Waals surface area (Å²) in [4.78, 5) is 34.2. The van der Waals surface area contributed by atoms with E-state index in [0.717, 1.165) is 32.5 Å². The molecule has 1 saturated heterocycles. The highest BCUT2D eigenvalue weighted by atomic mass is 16.2. The summed E-state index contributed by atoms with van der Waals surface area (Å²) in [5.74, 6) is 1.22. The van der Waals surface area contributed by atoms with Crippen LogP contribution >= 0.6 is 0 Å². The lowest BCUT2D eigenvalue weighted by Gasteiger charge is -2.32. The Morgan fingerprint density at radius 3 is 2.16 bits per heavy atom. The first kappa shape index (κ1) is 19.1. The first-order chi connectivity index (χ1) is 11.9. The predicted octanol–water partition coefficient (Wildman–Crippen LogP) is 2.06. The van der Waals surface area contributed by atoms with E-state index in [1.165, 1.54) is 0 Å². The number of piperidine rings is 1. The van der Waals surface area contributed by atoms with Crippen LogP contribution in [0.15, 0.2) is 12.4 Å². The molecule has 0 atom stereocenters. The Labute approximate surface area is 149 Å². The molecule has 2 amide bonds. The first-order valence-electron chi connectivity index (χ1n) is 9.02. The van der Waals surface area contributed by atoms with E-state index in [0.29, 0.717) is 17.6 Å². The minimum Gasteiger partial charge on any atom is -0.356 e. The second-order valence-electron chi connectivity index (χ2n) is 7.25. The Bertz CT molecular complexity index is 578. The van der Waals surface area contributed by atoms with Crippen molar-refractivity contribution in [3.8, 4) is 0 Å². The Morgan fingerprint density at radius 1 is 1.08 bits per heavy atom. The number of anilines is 2. The molecule has 0 radical (unpaired) electrons. The van der Waals surface area contributed by atoms with Crippen LogP contribution in [-0.2, 0) is 9.59 Å². The summed E-state index contributed by atoms with van der Waals surface area (Å²) in [7, 11) is 0. The van der Waals surface area contributed by atoms with Crippen LogP contribution in [0.1, 0.15) is 40.5 Å². The van der Waals surface area contributed by atoms with E-state index >= 15 is 0 Å². The van der Waals surface area contributed by atoms with Gasteiger partial charge < -0.3 is 15.5 Å². The molecule has 0 unspecified atom stereocenters. The second-order valence-corrected chi connectivity index (χ2v) is 7.25. The van der Waals surface area contributed by atoms with Gasteiger partial charge in [-0.3, -0.25) is 9.59 Å². The van der Waals surface area contributed by atoms with Crippen LogP contribution < -0.4 is 15.5 Å². The Hall–Kier alpha value is -2.18. The summed E-state index contributed by atoms with van der Waals surface area (Å²) >= 11 is 0. The van der Waals surface area contributed by atoms with Crippen LogP contribution in [0.4, 0.5) is 11.6 Å². The molecule has 2 heterocycles. The molecule has 1 aromatic heterocycles. The fraction of sp³-hybridized carbons (Fsp3) is 0.667. The van der Waals surface area contributed by atoms with Crippen LogP contribution in [0.2, 0.25) is 0 Å². The van der Waals surface area contributed by atoms with Crippen molar-refractivity contribution in [2.24, 2.45) is 17.8 Å². The summed E-state index contributed by atoms with van der Waals surface area (Å²) in [5, 5.41) is 5.80. The molecule has 2 N–H and O–H groups in total. The molecule has 1 aliphatic rings. The lowest BCUT2D eigenvalue weighted by atomic mass is 9.97. The monoisotopic (exact) mass is 347 g/mol. The molecule has 7 heteroatoms. The molecular formula is C18H29N5O2. The van der Waals surface area contributed by atoms with Crippen molar-refractivity contribution in [1.82, 2.24) is 15.3 Å². The average Bonchev–Trinajstić information content (AvgIpc) is 2.60. The third-order valence-electron chi connectivity index (χ3n) is 4.42. The van der Waals surface area contributed by atoms with Crippen molar-refractivity contribution in [3.63, 3.8) is 0 Å². The topological polar surface area (TPSA) is 87.2 Å². The van der Waals surface area contributed by atoms with Crippen LogP contribution in [0.25, 0.3) is 0 Å². The Balaban J connectivity index is 1.80. The highest BCUT2D eigenvalue weighted by Gasteiger charge is 2.21. The van der Waals surface area contributed by atoms with Crippen molar-refractivity contribution in [1.29, 1.82) is 0 Å². The Morgan fingerprint density at radius 2 is 1.64 bits per heavy atom. The third kappa shape index (κ3) is 5.69. The van der Waals surface area contributed by atoms with Crippen LogP contribution in [0, 0.1) is 17.8 Å². The van der Waals surface area contributed by atoms with Gasteiger partial charge in [-0.05, 0) is 18.8 Å². The number of hydrogen-bond donors (Lipinski definition) is 2. The molecule has 25 heavy (non-hydrogen) atoms. The van der Waals surface area contributed by atoms with Crippen molar-refractivity contribution in [2.45, 2.75) is 40.5 Å². The number of nitrogens with zero attached hydrogens (tertiary/aromatic N) is 3. The van der Waals surface area contributed by atoms with Gasteiger partial charge in [0.1, 0.15) is 0 Å². The minimum atomic E-state index is -0.0742. The molecule has 7 nitrogen and oxygen atoms in total. The van der Waals surface area contributed by atoms with E-state index in [2.05, 4.69) is 25.5 Å². The van der Waals surface area contributed by atoms with Gasteiger partial charge in [-0.2, -0.15) is 0 Å². The third-order valence-corrected chi connectivity index (χ3v) is 4.42. The minimum absolute atomic E-state index is 0.0307. The summed E-state index contributed by atoms with van der Waals surface area (Å²) in [6.45, 7) is 9.99. The van der Waals surface area contributed by atoms with E-state index in [-0.39, 0.29) is 23.7 Å². The molecule has 0 bridgehead atoms. The largest absolute Gasteiger partial charge is 0.356 e. The SMILES string of the molecule is CC(C)C(=O)NCC1CCN(c2ncc(NC(=O)C(C)C)cn2)CC1. The summed E-state index contributed by atoms with van der Waals surface area (Å²) in [6, 6.07) is 0. The van der Waals surface area contributed by atoms with Crippen molar-refractivity contribution in [3.05, 3.63) is 12.4 Å². The number of rotatable bonds is 6. The van der Waals surface area contributed by atoms with Crippen molar-refractivity contribution >= 4 is 23.5 Å². The molecule has 1 aliphatic heterocycles. The fourth-order valence-electron chi connectivity index (χ4n) is 2.62. The van der Waals surface area contributed by atoms with Crippen LogP contribution in [0.5, 0.6) is 0 Å². The van der Waals surface area contributed by atoms with Gasteiger partial charge >= 0.3 is 0 Å². The first-order valence-corrected chi connectivity index (χ1v) is 9.02. The molecule has 0 aliphatic carbocycles. The molecule has 0 spiro atoms. The van der Waals surface area contributed by atoms with Gasteiger partial charge in [0.15, 0.2) is 0 Å².